The SMILES string of the molecule is Cl.O=c1c2cccc(N3CCOCC3)c2cnn1CCc1ccc2ccccc2n1. The van der Waals surface area contributed by atoms with Crippen LogP contribution in [0.3, 0.4) is 0 Å². The number of hydrogen-bond donors (Lipinski definition) is 0. The number of aryl methyl sites for hydroxylation is 2. The highest BCUT2D eigenvalue weighted by molar-refractivity contribution is 5.93. The molecular weight excluding hydrogens is 400 g/mol. The minimum absolute atomic E-state index is 0. The summed E-state index contributed by atoms with van der Waals surface area (Å²) in [5.74, 6) is 0. The van der Waals surface area contributed by atoms with Crippen molar-refractivity contribution in [2.24, 2.45) is 0 Å². The van der Waals surface area contributed by atoms with E-state index in [0.717, 1.165) is 40.8 Å². The maximum atomic E-state index is 13.0. The lowest BCUT2D eigenvalue weighted by atomic mass is 10.1. The number of aromatic nitrogens is 3. The molecule has 3 heterocycles. The molecule has 2 aromatic heterocycles. The minimum atomic E-state index is -0.0570. The summed E-state index contributed by atoms with van der Waals surface area (Å²) in [6.45, 7) is 3.58. The molecule has 0 unspecified atom stereocenters. The fraction of sp³-hybridized carbons (Fsp3) is 0.261. The highest BCUT2D eigenvalue weighted by atomic mass is 35.5. The summed E-state index contributed by atoms with van der Waals surface area (Å²) in [7, 11) is 0. The average molecular weight is 423 g/mol. The number of para-hydroxylation sites is 1. The number of pyridine rings is 1. The molecule has 1 saturated heterocycles. The Morgan fingerprint density at radius 1 is 0.933 bits per heavy atom. The molecule has 0 aliphatic carbocycles. The van der Waals surface area contributed by atoms with Gasteiger partial charge in [0.05, 0.1) is 36.9 Å². The monoisotopic (exact) mass is 422 g/mol. The van der Waals surface area contributed by atoms with Gasteiger partial charge in [0.25, 0.3) is 5.56 Å². The molecular formula is C23H23ClN4O2. The summed E-state index contributed by atoms with van der Waals surface area (Å²) in [4.78, 5) is 20.0. The first-order valence-electron chi connectivity index (χ1n) is 9.96. The number of rotatable bonds is 4. The van der Waals surface area contributed by atoms with Crippen molar-refractivity contribution in [1.82, 2.24) is 14.8 Å². The van der Waals surface area contributed by atoms with Crippen molar-refractivity contribution in [1.29, 1.82) is 0 Å². The fourth-order valence-electron chi connectivity index (χ4n) is 3.90. The molecule has 1 aliphatic heterocycles. The zero-order valence-corrected chi connectivity index (χ0v) is 17.3. The van der Waals surface area contributed by atoms with E-state index in [9.17, 15) is 4.79 Å². The van der Waals surface area contributed by atoms with Crippen molar-refractivity contribution in [3.63, 3.8) is 0 Å². The van der Waals surface area contributed by atoms with E-state index in [4.69, 9.17) is 9.72 Å². The molecule has 0 atom stereocenters. The Bertz CT molecular complexity index is 1230. The Hall–Kier alpha value is -2.96. The Morgan fingerprint density at radius 3 is 2.63 bits per heavy atom. The molecule has 0 bridgehead atoms. The van der Waals surface area contributed by atoms with E-state index in [-0.39, 0.29) is 18.0 Å². The van der Waals surface area contributed by atoms with Gasteiger partial charge in [-0.1, -0.05) is 30.3 Å². The second kappa shape index (κ2) is 8.81. The molecule has 1 fully saturated rings. The van der Waals surface area contributed by atoms with Gasteiger partial charge in [-0.3, -0.25) is 9.78 Å². The molecule has 7 heteroatoms. The molecule has 0 N–H and O–H groups in total. The van der Waals surface area contributed by atoms with Crippen molar-refractivity contribution in [3.8, 4) is 0 Å². The third kappa shape index (κ3) is 3.88. The minimum Gasteiger partial charge on any atom is -0.378 e. The maximum Gasteiger partial charge on any atom is 0.274 e. The van der Waals surface area contributed by atoms with Crippen LogP contribution in [-0.4, -0.2) is 41.1 Å². The van der Waals surface area contributed by atoms with Crippen LogP contribution in [0.5, 0.6) is 0 Å². The number of anilines is 1. The van der Waals surface area contributed by atoms with Gasteiger partial charge in [0.2, 0.25) is 0 Å². The summed E-state index contributed by atoms with van der Waals surface area (Å²) in [6, 6.07) is 18.0. The molecule has 6 nitrogen and oxygen atoms in total. The van der Waals surface area contributed by atoms with E-state index in [1.807, 2.05) is 48.7 Å². The summed E-state index contributed by atoms with van der Waals surface area (Å²) in [5.41, 5.74) is 2.93. The number of morpholine rings is 1. The van der Waals surface area contributed by atoms with E-state index in [2.05, 4.69) is 22.1 Å². The summed E-state index contributed by atoms with van der Waals surface area (Å²) in [5, 5.41) is 7.18. The molecule has 0 radical (unpaired) electrons. The molecule has 154 valence electrons. The van der Waals surface area contributed by atoms with Crippen molar-refractivity contribution in [3.05, 3.63) is 76.8 Å². The molecule has 0 saturated carbocycles. The van der Waals surface area contributed by atoms with Gasteiger partial charge in [-0.25, -0.2) is 4.68 Å². The van der Waals surface area contributed by atoms with Gasteiger partial charge in [0.1, 0.15) is 0 Å². The van der Waals surface area contributed by atoms with Crippen LogP contribution >= 0.6 is 12.4 Å². The maximum absolute atomic E-state index is 13.0. The van der Waals surface area contributed by atoms with Gasteiger partial charge in [-0.05, 0) is 24.3 Å². The van der Waals surface area contributed by atoms with Crippen LogP contribution in [0.15, 0.2) is 65.6 Å². The van der Waals surface area contributed by atoms with Crippen LogP contribution in [0.1, 0.15) is 5.69 Å². The van der Waals surface area contributed by atoms with Crippen LogP contribution in [0, 0.1) is 0 Å². The highest BCUT2D eigenvalue weighted by Crippen LogP contribution is 2.25. The van der Waals surface area contributed by atoms with Crippen molar-refractivity contribution < 1.29 is 4.74 Å². The van der Waals surface area contributed by atoms with Crippen LogP contribution in [0.25, 0.3) is 21.7 Å². The van der Waals surface area contributed by atoms with Gasteiger partial charge in [-0.2, -0.15) is 5.10 Å². The van der Waals surface area contributed by atoms with Crippen LogP contribution in [0.4, 0.5) is 5.69 Å². The standard InChI is InChI=1S/C23H22N4O2.ClH/c28-23-19-5-3-7-22(26-12-14-29-15-13-26)20(19)16-24-27(23)11-10-18-9-8-17-4-1-2-6-21(17)25-18;/h1-9,16H,10-15H2;1H. The Morgan fingerprint density at radius 2 is 1.77 bits per heavy atom. The van der Waals surface area contributed by atoms with E-state index in [1.54, 1.807) is 4.68 Å². The Labute approximate surface area is 180 Å². The highest BCUT2D eigenvalue weighted by Gasteiger charge is 2.15. The smallest absolute Gasteiger partial charge is 0.274 e. The summed E-state index contributed by atoms with van der Waals surface area (Å²) < 4.78 is 6.99. The zero-order chi connectivity index (χ0) is 19.6. The molecule has 0 spiro atoms. The van der Waals surface area contributed by atoms with Gasteiger partial charge in [0, 0.05) is 41.7 Å². The Balaban J connectivity index is 0.00000218. The number of hydrogen-bond acceptors (Lipinski definition) is 5. The lowest BCUT2D eigenvalue weighted by Crippen LogP contribution is -2.36. The molecule has 5 rings (SSSR count). The first-order chi connectivity index (χ1) is 14.3. The lowest BCUT2D eigenvalue weighted by Gasteiger charge is -2.29. The number of halogens is 1. The number of ether oxygens (including phenoxy) is 1. The number of benzene rings is 2. The van der Waals surface area contributed by atoms with Crippen molar-refractivity contribution in [2.75, 3.05) is 31.2 Å². The fourth-order valence-corrected chi connectivity index (χ4v) is 3.90. The topological polar surface area (TPSA) is 60.3 Å². The number of fused-ring (bicyclic) bond motifs is 2. The Kier molecular flexibility index (Phi) is 5.97. The molecule has 1 aliphatic rings. The molecule has 2 aromatic carbocycles. The predicted octanol–water partition coefficient (Wildman–Crippen LogP) is 3.45. The van der Waals surface area contributed by atoms with E-state index in [1.165, 1.54) is 0 Å². The quantitative estimate of drug-likeness (QED) is 0.504. The zero-order valence-electron chi connectivity index (χ0n) is 16.5. The first-order valence-corrected chi connectivity index (χ1v) is 9.96. The van der Waals surface area contributed by atoms with Gasteiger partial charge < -0.3 is 9.64 Å². The van der Waals surface area contributed by atoms with Crippen molar-refractivity contribution in [2.45, 2.75) is 13.0 Å². The second-order valence-electron chi connectivity index (χ2n) is 7.26. The van der Waals surface area contributed by atoms with Gasteiger partial charge >= 0.3 is 0 Å². The van der Waals surface area contributed by atoms with E-state index in [0.29, 0.717) is 31.6 Å². The summed E-state index contributed by atoms with van der Waals surface area (Å²) in [6.07, 6.45) is 2.47. The third-order valence-electron chi connectivity index (χ3n) is 5.46. The van der Waals surface area contributed by atoms with Gasteiger partial charge in [0.15, 0.2) is 0 Å². The van der Waals surface area contributed by atoms with E-state index >= 15 is 0 Å². The molecule has 4 aromatic rings. The summed E-state index contributed by atoms with van der Waals surface area (Å²) >= 11 is 0. The van der Waals surface area contributed by atoms with Crippen LogP contribution in [-0.2, 0) is 17.7 Å². The van der Waals surface area contributed by atoms with E-state index < -0.39 is 0 Å². The van der Waals surface area contributed by atoms with Crippen molar-refractivity contribution >= 4 is 39.8 Å². The normalized spacial score (nSPS) is 14.1. The largest absolute Gasteiger partial charge is 0.378 e. The lowest BCUT2D eigenvalue weighted by molar-refractivity contribution is 0.123. The first kappa shape index (κ1) is 20.3. The third-order valence-corrected chi connectivity index (χ3v) is 5.46. The second-order valence-corrected chi connectivity index (χ2v) is 7.26. The van der Waals surface area contributed by atoms with Crippen LogP contribution in [0.2, 0.25) is 0 Å². The molecule has 30 heavy (non-hydrogen) atoms. The predicted molar refractivity (Wildman–Crippen MR) is 122 cm³/mol. The average Bonchev–Trinajstić information content (AvgIpc) is 2.79. The van der Waals surface area contributed by atoms with Crippen LogP contribution < -0.4 is 10.5 Å². The van der Waals surface area contributed by atoms with Gasteiger partial charge in [-0.15, -0.1) is 12.4 Å². The molecule has 0 amide bonds. The number of nitrogens with zero attached hydrogens (tertiary/aromatic N) is 4.